The highest BCUT2D eigenvalue weighted by atomic mass is 35.5. The van der Waals surface area contributed by atoms with Crippen LogP contribution >= 0.6 is 12.4 Å². The van der Waals surface area contributed by atoms with Crippen molar-refractivity contribution >= 4 is 33.3 Å². The van der Waals surface area contributed by atoms with Crippen LogP contribution in [0.15, 0.2) is 83.8 Å². The highest BCUT2D eigenvalue weighted by Crippen LogP contribution is 2.41. The van der Waals surface area contributed by atoms with Crippen molar-refractivity contribution in [2.45, 2.75) is 44.9 Å². The van der Waals surface area contributed by atoms with Gasteiger partial charge in [-0.2, -0.15) is 8.42 Å². The summed E-state index contributed by atoms with van der Waals surface area (Å²) >= 11 is 0. The molecule has 4 aromatic rings. The average Bonchev–Trinajstić information content (AvgIpc) is 2.97. The molecule has 1 aliphatic heterocycles. The second-order valence-electron chi connectivity index (χ2n) is 12.0. The quantitative estimate of drug-likeness (QED) is 0.179. The number of nitrogens with zero attached hydrogens (tertiary/aromatic N) is 1. The van der Waals surface area contributed by atoms with Gasteiger partial charge in [-0.1, -0.05) is 45.4 Å². The van der Waals surface area contributed by atoms with Crippen molar-refractivity contribution in [3.8, 4) is 34.1 Å². The molecule has 0 aromatic heterocycles. The van der Waals surface area contributed by atoms with E-state index in [1.54, 1.807) is 36.4 Å². The third kappa shape index (κ3) is 8.63. The lowest BCUT2D eigenvalue weighted by molar-refractivity contribution is 0.183. The van der Waals surface area contributed by atoms with Gasteiger partial charge in [-0.15, -0.1) is 12.4 Å². The number of phenols is 1. The number of rotatable bonds is 10. The van der Waals surface area contributed by atoms with Crippen LogP contribution in [0.1, 0.15) is 40.0 Å². The van der Waals surface area contributed by atoms with Crippen LogP contribution < -0.4 is 9.47 Å². The van der Waals surface area contributed by atoms with E-state index >= 15 is 0 Å². The number of piperidine rings is 1. The monoisotopic (exact) mass is 625 g/mol. The van der Waals surface area contributed by atoms with Gasteiger partial charge < -0.3 is 14.6 Å². The summed E-state index contributed by atoms with van der Waals surface area (Å²) in [4.78, 5) is 2.54. The van der Waals surface area contributed by atoms with Crippen LogP contribution in [0.2, 0.25) is 0 Å². The Bertz CT molecular complexity index is 1610. The number of phenolic OH excluding ortho intramolecular Hbond substituents is 1. The Morgan fingerprint density at radius 2 is 1.51 bits per heavy atom. The van der Waals surface area contributed by atoms with Crippen LogP contribution in [0.5, 0.6) is 23.0 Å². The molecule has 5 rings (SSSR count). The number of halogens is 1. The Kier molecular flexibility index (Phi) is 10.6. The van der Waals surface area contributed by atoms with Gasteiger partial charge in [-0.25, -0.2) is 0 Å². The maximum absolute atomic E-state index is 12.7. The fourth-order valence-electron chi connectivity index (χ4n) is 4.95. The largest absolute Gasteiger partial charge is 0.508 e. The second-order valence-corrected chi connectivity index (χ2v) is 13.6. The predicted molar refractivity (Wildman–Crippen MR) is 173 cm³/mol. The maximum atomic E-state index is 12.7. The summed E-state index contributed by atoms with van der Waals surface area (Å²) in [6.07, 6.45) is 3.84. The Morgan fingerprint density at radius 3 is 2.19 bits per heavy atom. The molecule has 1 aliphatic rings. The number of aromatic hydroxyl groups is 1. The van der Waals surface area contributed by atoms with E-state index in [1.807, 2.05) is 63.2 Å². The molecular weight excluding hydrogens is 586 g/mol. The van der Waals surface area contributed by atoms with Crippen molar-refractivity contribution in [3.05, 3.63) is 78.9 Å². The number of ether oxygens (including phenoxy) is 2. The second kappa shape index (κ2) is 14.0. The molecule has 0 spiro atoms. The van der Waals surface area contributed by atoms with E-state index < -0.39 is 10.1 Å². The fourth-order valence-corrected chi connectivity index (χ4v) is 6.06. The van der Waals surface area contributed by atoms with Gasteiger partial charge in [0.15, 0.2) is 0 Å². The zero-order valence-corrected chi connectivity index (χ0v) is 26.5. The highest BCUT2D eigenvalue weighted by Gasteiger charge is 2.21. The Labute approximate surface area is 260 Å². The van der Waals surface area contributed by atoms with Crippen LogP contribution in [0.4, 0.5) is 0 Å². The van der Waals surface area contributed by atoms with E-state index in [-0.39, 0.29) is 35.1 Å². The summed E-state index contributed by atoms with van der Waals surface area (Å²) in [5, 5.41) is 11.7. The summed E-state index contributed by atoms with van der Waals surface area (Å²) < 4.78 is 43.2. The standard InChI is InChI=1S/C34H39NO6S.ClH/c1-34(2,3)24-40-42(37,38)30-15-7-25(8-16-30)31-17-9-26-23-27(36)10-18-32(26)33(31)41-29-13-11-28(12-14-29)39-22-21-35-19-5-4-6-20-35;/h7-18,23,36H,4-6,19-22,24H2,1-3H3;1H. The van der Waals surface area contributed by atoms with Crippen LogP contribution in [-0.4, -0.2) is 51.3 Å². The Hall–Kier alpha value is -3.30. The molecule has 0 saturated carbocycles. The lowest BCUT2D eigenvalue weighted by Gasteiger charge is -2.26. The molecule has 0 atom stereocenters. The van der Waals surface area contributed by atoms with Crippen LogP contribution in [0, 0.1) is 5.41 Å². The molecule has 7 nitrogen and oxygen atoms in total. The lowest BCUT2D eigenvalue weighted by atomic mass is 9.99. The van der Waals surface area contributed by atoms with Gasteiger partial charge in [0.2, 0.25) is 0 Å². The van der Waals surface area contributed by atoms with E-state index in [0.29, 0.717) is 18.1 Å². The van der Waals surface area contributed by atoms with Crippen LogP contribution in [0.3, 0.4) is 0 Å². The van der Waals surface area contributed by atoms with Gasteiger partial charge in [0.05, 0.1) is 11.5 Å². The Balaban J connectivity index is 0.00000423. The van der Waals surface area contributed by atoms with E-state index in [9.17, 15) is 13.5 Å². The summed E-state index contributed by atoms with van der Waals surface area (Å²) in [6, 6.07) is 23.1. The Morgan fingerprint density at radius 1 is 0.837 bits per heavy atom. The van der Waals surface area contributed by atoms with Crippen molar-refractivity contribution in [3.63, 3.8) is 0 Å². The third-order valence-corrected chi connectivity index (χ3v) is 8.50. The first-order chi connectivity index (χ1) is 20.1. The van der Waals surface area contributed by atoms with E-state index in [1.165, 1.54) is 19.3 Å². The molecule has 0 radical (unpaired) electrons. The highest BCUT2D eigenvalue weighted by molar-refractivity contribution is 7.86. The molecule has 0 bridgehead atoms. The number of hydrogen-bond acceptors (Lipinski definition) is 7. The van der Waals surface area contributed by atoms with Gasteiger partial charge in [0.1, 0.15) is 29.6 Å². The first kappa shape index (κ1) is 32.6. The van der Waals surface area contributed by atoms with Crippen molar-refractivity contribution in [2.75, 3.05) is 32.8 Å². The topological polar surface area (TPSA) is 85.3 Å². The van der Waals surface area contributed by atoms with Crippen molar-refractivity contribution in [1.29, 1.82) is 0 Å². The lowest BCUT2D eigenvalue weighted by Crippen LogP contribution is -2.33. The van der Waals surface area contributed by atoms with Gasteiger partial charge in [-0.3, -0.25) is 9.08 Å². The smallest absolute Gasteiger partial charge is 0.296 e. The van der Waals surface area contributed by atoms with Gasteiger partial charge in [0.25, 0.3) is 10.1 Å². The minimum Gasteiger partial charge on any atom is -0.508 e. The summed E-state index contributed by atoms with van der Waals surface area (Å²) in [5.41, 5.74) is 1.29. The predicted octanol–water partition coefficient (Wildman–Crippen LogP) is 8.04. The first-order valence-electron chi connectivity index (χ1n) is 14.5. The van der Waals surface area contributed by atoms with Gasteiger partial charge in [-0.05, 0) is 103 Å². The molecule has 1 N–H and O–H groups in total. The van der Waals surface area contributed by atoms with E-state index in [4.69, 9.17) is 13.7 Å². The van der Waals surface area contributed by atoms with Gasteiger partial charge >= 0.3 is 0 Å². The number of fused-ring (bicyclic) bond motifs is 1. The average molecular weight is 626 g/mol. The van der Waals surface area contributed by atoms with Gasteiger partial charge in [0, 0.05) is 17.5 Å². The van der Waals surface area contributed by atoms with E-state index in [0.717, 1.165) is 47.3 Å². The summed E-state index contributed by atoms with van der Waals surface area (Å²) in [5.74, 6) is 2.19. The zero-order valence-electron chi connectivity index (χ0n) is 24.9. The molecular formula is C34H40ClNO6S. The number of likely N-dealkylation sites (tertiary alicyclic amines) is 1. The molecule has 0 amide bonds. The molecule has 230 valence electrons. The molecule has 43 heavy (non-hydrogen) atoms. The van der Waals surface area contributed by atoms with Crippen molar-refractivity contribution < 1.29 is 27.2 Å². The summed E-state index contributed by atoms with van der Waals surface area (Å²) in [7, 11) is -3.88. The minimum atomic E-state index is -3.88. The van der Waals surface area contributed by atoms with Crippen LogP contribution in [-0.2, 0) is 14.3 Å². The summed E-state index contributed by atoms with van der Waals surface area (Å²) in [6.45, 7) is 9.71. The molecule has 0 aliphatic carbocycles. The molecule has 1 heterocycles. The molecule has 4 aromatic carbocycles. The minimum absolute atomic E-state index is 0. The first-order valence-corrected chi connectivity index (χ1v) is 15.9. The number of hydrogen-bond donors (Lipinski definition) is 1. The molecule has 9 heteroatoms. The van der Waals surface area contributed by atoms with E-state index in [2.05, 4.69) is 4.90 Å². The number of benzene rings is 4. The zero-order chi connectivity index (χ0) is 29.7. The van der Waals surface area contributed by atoms with Crippen molar-refractivity contribution in [2.24, 2.45) is 5.41 Å². The molecule has 1 fully saturated rings. The molecule has 0 unspecified atom stereocenters. The maximum Gasteiger partial charge on any atom is 0.296 e. The van der Waals surface area contributed by atoms with Crippen LogP contribution in [0.25, 0.3) is 21.9 Å². The third-order valence-electron chi connectivity index (χ3n) is 7.22. The normalized spacial score (nSPS) is 14.3. The van der Waals surface area contributed by atoms with Crippen molar-refractivity contribution in [1.82, 2.24) is 4.90 Å². The SMILES string of the molecule is CC(C)(C)COS(=O)(=O)c1ccc(-c2ccc3cc(O)ccc3c2Oc2ccc(OCCN3CCCCC3)cc2)cc1.Cl. The fraction of sp³-hybridized carbons (Fsp3) is 0.353. The molecule has 1 saturated heterocycles.